The first-order chi connectivity index (χ1) is 24.4. The van der Waals surface area contributed by atoms with Crippen LogP contribution in [-0.4, -0.2) is 29.4 Å². The van der Waals surface area contributed by atoms with Gasteiger partial charge < -0.3 is 14.6 Å². The number of methoxy groups -OCH3 is 1. The molecule has 8 aliphatic carbocycles. The first-order valence-electron chi connectivity index (χ1n) is 21.0. The molecule has 51 heavy (non-hydrogen) atoms. The molecule has 0 saturated heterocycles. The molecule has 8 aliphatic rings. The number of allylic oxidation sites excluding steroid dienone is 1. The van der Waals surface area contributed by atoms with E-state index in [1.807, 2.05) is 13.0 Å². The van der Waals surface area contributed by atoms with Crippen molar-refractivity contribution < 1.29 is 19.4 Å². The van der Waals surface area contributed by atoms with Crippen LogP contribution in [0, 0.1) is 75.9 Å². The van der Waals surface area contributed by atoms with E-state index in [4.69, 9.17) is 11.2 Å². The van der Waals surface area contributed by atoms with E-state index in [0.29, 0.717) is 46.6 Å². The number of ether oxygens (including phenoxy) is 1. The van der Waals surface area contributed by atoms with Crippen LogP contribution in [-0.2, 0) is 16.0 Å². The Morgan fingerprint density at radius 1 is 0.902 bits per heavy atom. The van der Waals surface area contributed by atoms with Gasteiger partial charge >= 0.3 is 0 Å². The Bertz CT molecular complexity index is 1630. The summed E-state index contributed by atoms with van der Waals surface area (Å²) >= 11 is 0. The Hall–Kier alpha value is -2.38. The number of ketones is 2. The normalized spacial score (nSPS) is 46.2. The van der Waals surface area contributed by atoms with Crippen molar-refractivity contribution >= 4 is 11.6 Å². The summed E-state index contributed by atoms with van der Waals surface area (Å²) in [5.41, 5.74) is 4.11. The number of hydrogen-bond donors (Lipinski definition) is 1. The molecular weight excluding hydrogens is 629 g/mol. The Morgan fingerprint density at radius 3 is 2.47 bits per heavy atom. The maximum absolute atomic E-state index is 12.4. The average molecular weight is 693 g/mol. The minimum absolute atomic E-state index is 0.104. The van der Waals surface area contributed by atoms with Crippen LogP contribution in [0.3, 0.4) is 0 Å². The third-order valence-electron chi connectivity index (χ3n) is 17.8. The quantitative estimate of drug-likeness (QED) is 0.321. The van der Waals surface area contributed by atoms with Crippen molar-refractivity contribution in [3.05, 3.63) is 41.0 Å². The summed E-state index contributed by atoms with van der Waals surface area (Å²) in [5, 5.41) is 11.0. The van der Waals surface area contributed by atoms with Gasteiger partial charge in [0.25, 0.3) is 0 Å². The molecule has 1 aromatic carbocycles. The zero-order valence-electron chi connectivity index (χ0n) is 32.3. The Labute approximate surface area is 308 Å². The first-order valence-corrected chi connectivity index (χ1v) is 21.0. The van der Waals surface area contributed by atoms with Crippen molar-refractivity contribution in [2.75, 3.05) is 7.11 Å². The van der Waals surface area contributed by atoms with Gasteiger partial charge in [-0.25, -0.2) is 0 Å². The number of aliphatic hydroxyl groups is 1. The summed E-state index contributed by atoms with van der Waals surface area (Å²) in [6.07, 6.45) is 27.5. The molecule has 0 aliphatic heterocycles. The lowest BCUT2D eigenvalue weighted by Crippen LogP contribution is -2.52. The third kappa shape index (κ3) is 5.31. The molecule has 13 atom stereocenters. The fourth-order valence-electron chi connectivity index (χ4n) is 15.4. The van der Waals surface area contributed by atoms with Crippen LogP contribution >= 0.6 is 0 Å². The number of carbonyl (C=O) groups is 2. The molecule has 0 heterocycles. The van der Waals surface area contributed by atoms with Crippen molar-refractivity contribution in [1.29, 1.82) is 0 Å². The van der Waals surface area contributed by atoms with E-state index < -0.39 is 5.60 Å². The Kier molecular flexibility index (Phi) is 9.01. The summed E-state index contributed by atoms with van der Waals surface area (Å²) in [4.78, 5) is 24.4. The van der Waals surface area contributed by atoms with Crippen molar-refractivity contribution in [2.24, 2.45) is 63.6 Å². The third-order valence-corrected chi connectivity index (χ3v) is 17.8. The highest BCUT2D eigenvalue weighted by molar-refractivity contribution is 5.91. The van der Waals surface area contributed by atoms with E-state index in [0.717, 1.165) is 80.8 Å². The van der Waals surface area contributed by atoms with Crippen molar-refractivity contribution in [3.8, 4) is 18.1 Å². The number of rotatable bonds is 3. The molecule has 0 bridgehead atoms. The van der Waals surface area contributed by atoms with Gasteiger partial charge in [-0.3, -0.25) is 4.79 Å². The van der Waals surface area contributed by atoms with Crippen LogP contribution < -0.4 is 4.74 Å². The standard InChI is InChI=1S/C26H38O2.C21H26O2/c1-16-12-23-21(20-8-7-19(28)14-22(16)20)9-11-25(3)24(23)13-18-6-4-5-10-26(18,25)15-17(2)27;1-4-21(22)12-10-19-18-7-5-14-13-15(23-3)6-8-16(14)17(18)9-11-20(19,21)2/h14,16,18,20-21,23-24H,4-13,15H2,1-3H3;1,6,8,13,17-19,22H,5,7,9-12H2,2-3H3/t16-,18+,20?,21+,23+,24-,25-,26-;17-,18-,19+,20+,21+/m01/s1. The van der Waals surface area contributed by atoms with Crippen LogP contribution in [0.25, 0.3) is 0 Å². The molecule has 9 rings (SSSR count). The van der Waals surface area contributed by atoms with E-state index >= 15 is 0 Å². The van der Waals surface area contributed by atoms with E-state index in [-0.39, 0.29) is 10.8 Å². The average Bonchev–Trinajstić information content (AvgIpc) is 3.55. The molecule has 276 valence electrons. The van der Waals surface area contributed by atoms with Gasteiger partial charge in [-0.1, -0.05) is 51.2 Å². The highest BCUT2D eigenvalue weighted by Crippen LogP contribution is 2.74. The maximum Gasteiger partial charge on any atom is 0.155 e. The lowest BCUT2D eigenvalue weighted by atomic mass is 9.45. The first kappa shape index (κ1) is 35.6. The molecule has 6 fully saturated rings. The zero-order valence-corrected chi connectivity index (χ0v) is 32.3. The van der Waals surface area contributed by atoms with E-state index in [2.05, 4.69) is 44.9 Å². The van der Waals surface area contributed by atoms with Gasteiger partial charge in [0, 0.05) is 18.3 Å². The second-order valence-corrected chi connectivity index (χ2v) is 19.5. The maximum atomic E-state index is 12.4. The molecule has 4 nitrogen and oxygen atoms in total. The Morgan fingerprint density at radius 2 is 1.71 bits per heavy atom. The van der Waals surface area contributed by atoms with Gasteiger partial charge in [0.2, 0.25) is 0 Å². The zero-order chi connectivity index (χ0) is 35.9. The number of benzene rings is 1. The summed E-state index contributed by atoms with van der Waals surface area (Å²) in [7, 11) is 1.73. The number of terminal acetylenes is 1. The monoisotopic (exact) mass is 692 g/mol. The second kappa shape index (κ2) is 12.9. The highest BCUT2D eigenvalue weighted by Gasteiger charge is 2.67. The lowest BCUT2D eigenvalue weighted by Gasteiger charge is -2.59. The molecule has 4 heteroatoms. The summed E-state index contributed by atoms with van der Waals surface area (Å²) < 4.78 is 5.39. The van der Waals surface area contributed by atoms with Crippen LogP contribution in [0.1, 0.15) is 147 Å². The van der Waals surface area contributed by atoms with Crippen LogP contribution in [0.4, 0.5) is 0 Å². The van der Waals surface area contributed by atoms with Gasteiger partial charge in [-0.15, -0.1) is 6.42 Å². The topological polar surface area (TPSA) is 63.6 Å². The molecule has 0 spiro atoms. The SMILES string of the molecule is C#C[C@]1(O)CC[C@H]2[C@@H]3CCc4cc(OC)ccc4[C@H]3CC[C@@]21C.CC(=O)C[C@@]12CCCC[C@@H]1C[C@H]1[C@@H]3C[C@H](C)C4=CC(=O)CCC4[C@H]3CC[C@@]12C. The summed E-state index contributed by atoms with van der Waals surface area (Å²) in [6, 6.07) is 6.59. The van der Waals surface area contributed by atoms with Crippen LogP contribution in [0.15, 0.2) is 29.8 Å². The minimum Gasteiger partial charge on any atom is -0.497 e. The van der Waals surface area contributed by atoms with E-state index in [9.17, 15) is 14.7 Å². The van der Waals surface area contributed by atoms with Gasteiger partial charge in [0.15, 0.2) is 5.78 Å². The van der Waals surface area contributed by atoms with E-state index in [1.165, 1.54) is 74.5 Å². The van der Waals surface area contributed by atoms with Crippen LogP contribution in [0.5, 0.6) is 5.75 Å². The fourth-order valence-corrected chi connectivity index (χ4v) is 15.4. The number of carbonyl (C=O) groups excluding carboxylic acids is 2. The molecule has 0 aromatic heterocycles. The largest absolute Gasteiger partial charge is 0.497 e. The molecule has 6 saturated carbocycles. The number of hydrogen-bond acceptors (Lipinski definition) is 4. The van der Waals surface area contributed by atoms with E-state index in [1.54, 1.807) is 7.11 Å². The Balaban J connectivity index is 0.000000150. The predicted molar refractivity (Wildman–Crippen MR) is 203 cm³/mol. The number of fused-ring (bicyclic) bond motifs is 12. The lowest BCUT2D eigenvalue weighted by molar-refractivity contribution is -0.129. The van der Waals surface area contributed by atoms with Gasteiger partial charge in [-0.2, -0.15) is 0 Å². The van der Waals surface area contributed by atoms with Gasteiger partial charge in [0.1, 0.15) is 17.1 Å². The van der Waals surface area contributed by atoms with Crippen molar-refractivity contribution in [1.82, 2.24) is 0 Å². The van der Waals surface area contributed by atoms with Crippen molar-refractivity contribution in [3.63, 3.8) is 0 Å². The molecule has 1 N–H and O–H groups in total. The minimum atomic E-state index is -0.900. The molecule has 0 radical (unpaired) electrons. The van der Waals surface area contributed by atoms with Crippen LogP contribution in [0.2, 0.25) is 0 Å². The summed E-state index contributed by atoms with van der Waals surface area (Å²) in [6.45, 7) is 9.06. The van der Waals surface area contributed by atoms with Gasteiger partial charge in [-0.05, 0) is 184 Å². The highest BCUT2D eigenvalue weighted by atomic mass is 16.5. The van der Waals surface area contributed by atoms with Gasteiger partial charge in [0.05, 0.1) is 7.11 Å². The number of Topliss-reactive ketones (excluding diaryl/α,β-unsaturated/α-hetero) is 1. The smallest absolute Gasteiger partial charge is 0.155 e. The summed E-state index contributed by atoms with van der Waals surface area (Å²) in [5.74, 6) is 10.8. The number of aryl methyl sites for hydroxylation is 1. The second-order valence-electron chi connectivity index (χ2n) is 19.5. The molecule has 1 unspecified atom stereocenters. The molecule has 1 aromatic rings. The molecule has 0 amide bonds. The fraction of sp³-hybridized carbons (Fsp3) is 0.745. The predicted octanol–water partition coefficient (Wildman–Crippen LogP) is 10.1. The van der Waals surface area contributed by atoms with Crippen molar-refractivity contribution in [2.45, 2.75) is 148 Å². The molecular formula is C47H64O4.